The van der Waals surface area contributed by atoms with Crippen LogP contribution in [0, 0.1) is 5.92 Å². The lowest BCUT2D eigenvalue weighted by molar-refractivity contribution is 0.0376. The van der Waals surface area contributed by atoms with E-state index in [1.54, 1.807) is 0 Å². The summed E-state index contributed by atoms with van der Waals surface area (Å²) in [5.41, 5.74) is 1.17. The van der Waals surface area contributed by atoms with Gasteiger partial charge in [0.15, 0.2) is 9.84 Å². The average Bonchev–Trinajstić information content (AvgIpc) is 3.37. The molecule has 0 spiro atoms. The molecule has 144 valence electrons. The number of piperazine rings is 1. The van der Waals surface area contributed by atoms with Crippen molar-refractivity contribution in [1.29, 1.82) is 0 Å². The predicted octanol–water partition coefficient (Wildman–Crippen LogP) is 0.751. The topological polar surface area (TPSA) is 70.1 Å². The van der Waals surface area contributed by atoms with Gasteiger partial charge in [-0.25, -0.2) is 8.42 Å². The van der Waals surface area contributed by atoms with E-state index in [1.165, 1.54) is 18.4 Å². The summed E-state index contributed by atoms with van der Waals surface area (Å²) in [7, 11) is -2.95. The van der Waals surface area contributed by atoms with Crippen LogP contribution in [0.5, 0.6) is 5.75 Å². The highest BCUT2D eigenvalue weighted by molar-refractivity contribution is 7.91. The fourth-order valence-electron chi connectivity index (χ4n) is 4.24. The van der Waals surface area contributed by atoms with Gasteiger partial charge in [-0.3, -0.25) is 9.80 Å². The first-order valence-corrected chi connectivity index (χ1v) is 11.4. The zero-order chi connectivity index (χ0) is 18.1. The molecular formula is C19H28N2O4S. The van der Waals surface area contributed by atoms with Crippen LogP contribution in [0.4, 0.5) is 0 Å². The monoisotopic (exact) mass is 380 g/mol. The second-order valence-electron chi connectivity index (χ2n) is 7.84. The summed E-state index contributed by atoms with van der Waals surface area (Å²) < 4.78 is 30.0. The molecule has 7 heteroatoms. The van der Waals surface area contributed by atoms with E-state index < -0.39 is 9.84 Å². The molecule has 3 aliphatic rings. The van der Waals surface area contributed by atoms with E-state index in [-0.39, 0.29) is 24.4 Å². The quantitative estimate of drug-likeness (QED) is 0.753. The Morgan fingerprint density at radius 2 is 1.69 bits per heavy atom. The summed E-state index contributed by atoms with van der Waals surface area (Å²) in [6, 6.07) is 8.15. The van der Waals surface area contributed by atoms with Gasteiger partial charge in [0.1, 0.15) is 12.4 Å². The van der Waals surface area contributed by atoms with Gasteiger partial charge < -0.3 is 9.84 Å². The van der Waals surface area contributed by atoms with E-state index in [0.717, 1.165) is 37.8 Å². The fourth-order valence-corrected chi connectivity index (χ4v) is 6.28. The molecule has 2 atom stereocenters. The summed E-state index contributed by atoms with van der Waals surface area (Å²) in [5, 5.41) is 8.82. The van der Waals surface area contributed by atoms with Crippen molar-refractivity contribution in [3.8, 4) is 5.75 Å². The highest BCUT2D eigenvalue weighted by Crippen LogP contribution is 2.34. The van der Waals surface area contributed by atoms with Crippen molar-refractivity contribution in [3.63, 3.8) is 0 Å². The minimum Gasteiger partial charge on any atom is -0.491 e. The first kappa shape index (κ1) is 18.2. The van der Waals surface area contributed by atoms with E-state index in [2.05, 4.69) is 9.80 Å². The summed E-state index contributed by atoms with van der Waals surface area (Å²) in [6.07, 6.45) is 2.60. The normalized spacial score (nSPS) is 28.8. The van der Waals surface area contributed by atoms with Crippen molar-refractivity contribution < 1.29 is 18.3 Å². The Balaban J connectivity index is 1.43. The van der Waals surface area contributed by atoms with Crippen molar-refractivity contribution in [2.24, 2.45) is 5.92 Å². The van der Waals surface area contributed by atoms with E-state index in [1.807, 2.05) is 24.3 Å². The molecule has 6 nitrogen and oxygen atoms in total. The van der Waals surface area contributed by atoms with E-state index in [0.29, 0.717) is 12.4 Å². The van der Waals surface area contributed by atoms with Gasteiger partial charge in [0.2, 0.25) is 0 Å². The van der Waals surface area contributed by atoms with Crippen molar-refractivity contribution >= 4 is 9.84 Å². The summed E-state index contributed by atoms with van der Waals surface area (Å²) in [5.74, 6) is 2.14. The minimum atomic E-state index is -2.95. The van der Waals surface area contributed by atoms with Gasteiger partial charge in [-0.2, -0.15) is 0 Å². The van der Waals surface area contributed by atoms with Crippen LogP contribution >= 0.6 is 0 Å². The minimum absolute atomic E-state index is 0.00439. The van der Waals surface area contributed by atoms with Gasteiger partial charge >= 0.3 is 0 Å². The third-order valence-corrected chi connectivity index (χ3v) is 7.46. The van der Waals surface area contributed by atoms with Gasteiger partial charge in [-0.15, -0.1) is 0 Å². The molecular weight excluding hydrogens is 352 g/mol. The maximum absolute atomic E-state index is 12.3. The molecule has 0 amide bonds. The lowest BCUT2D eigenvalue weighted by Crippen LogP contribution is -2.59. The first-order valence-electron chi connectivity index (χ1n) is 9.55. The number of hydrogen-bond acceptors (Lipinski definition) is 6. The van der Waals surface area contributed by atoms with Crippen LogP contribution in [0.3, 0.4) is 0 Å². The fraction of sp³-hybridized carbons (Fsp3) is 0.684. The lowest BCUT2D eigenvalue weighted by Gasteiger charge is -2.44. The molecule has 1 aromatic carbocycles. The molecule has 1 aromatic rings. The summed E-state index contributed by atoms with van der Waals surface area (Å²) in [4.78, 5) is 4.79. The predicted molar refractivity (Wildman–Crippen MR) is 100.0 cm³/mol. The van der Waals surface area contributed by atoms with Crippen LogP contribution in [0.1, 0.15) is 18.4 Å². The largest absolute Gasteiger partial charge is 0.491 e. The molecule has 2 aliphatic heterocycles. The number of aliphatic hydroxyl groups excluding tert-OH is 1. The molecule has 0 radical (unpaired) electrons. The zero-order valence-electron chi connectivity index (χ0n) is 15.1. The van der Waals surface area contributed by atoms with Gasteiger partial charge in [0.05, 0.1) is 18.1 Å². The Kier molecular flexibility index (Phi) is 5.23. The van der Waals surface area contributed by atoms with Gasteiger partial charge in [-0.1, -0.05) is 12.1 Å². The molecule has 1 saturated carbocycles. The third kappa shape index (κ3) is 4.22. The standard InChI is InChI=1S/C19H28N2O4S/c22-9-10-25-17-5-3-16(4-6-17)12-21-8-7-20(11-15-1-2-15)18-13-26(23,24)14-19(18)21/h3-6,15,18-19,22H,1-2,7-14H2. The van der Waals surface area contributed by atoms with E-state index in [9.17, 15) is 8.42 Å². The highest BCUT2D eigenvalue weighted by atomic mass is 32.2. The Morgan fingerprint density at radius 3 is 2.35 bits per heavy atom. The number of aliphatic hydroxyl groups is 1. The molecule has 3 fully saturated rings. The average molecular weight is 381 g/mol. The second-order valence-corrected chi connectivity index (χ2v) is 9.99. The van der Waals surface area contributed by atoms with Gasteiger partial charge in [0.25, 0.3) is 0 Å². The molecule has 1 N–H and O–H groups in total. The van der Waals surface area contributed by atoms with Gasteiger partial charge in [0, 0.05) is 38.3 Å². The van der Waals surface area contributed by atoms with Crippen LogP contribution in [-0.2, 0) is 16.4 Å². The molecule has 2 unspecified atom stereocenters. The SMILES string of the molecule is O=S1(=O)CC2C(C1)N(CC1CC1)CCN2Cc1ccc(OCCO)cc1. The summed E-state index contributed by atoms with van der Waals surface area (Å²) >= 11 is 0. The number of rotatable bonds is 7. The molecule has 26 heavy (non-hydrogen) atoms. The van der Waals surface area contributed by atoms with Crippen molar-refractivity contribution in [2.45, 2.75) is 31.5 Å². The van der Waals surface area contributed by atoms with Crippen LogP contribution in [0.2, 0.25) is 0 Å². The maximum Gasteiger partial charge on any atom is 0.153 e. The lowest BCUT2D eigenvalue weighted by atomic mass is 10.0. The second kappa shape index (κ2) is 7.46. The van der Waals surface area contributed by atoms with Gasteiger partial charge in [-0.05, 0) is 36.5 Å². The number of fused-ring (bicyclic) bond motifs is 1. The molecule has 1 aliphatic carbocycles. The van der Waals surface area contributed by atoms with Crippen LogP contribution < -0.4 is 4.74 Å². The number of nitrogens with zero attached hydrogens (tertiary/aromatic N) is 2. The Labute approximate surface area is 155 Å². The number of ether oxygens (including phenoxy) is 1. The van der Waals surface area contributed by atoms with E-state index >= 15 is 0 Å². The molecule has 2 saturated heterocycles. The molecule has 0 bridgehead atoms. The number of benzene rings is 1. The first-order chi connectivity index (χ1) is 12.5. The van der Waals surface area contributed by atoms with Crippen molar-refractivity contribution in [3.05, 3.63) is 29.8 Å². The van der Waals surface area contributed by atoms with Crippen LogP contribution in [0.15, 0.2) is 24.3 Å². The third-order valence-electron chi connectivity index (χ3n) is 5.76. The summed E-state index contributed by atoms with van der Waals surface area (Å²) in [6.45, 7) is 4.03. The van der Waals surface area contributed by atoms with E-state index in [4.69, 9.17) is 9.84 Å². The number of hydrogen-bond donors (Lipinski definition) is 1. The molecule has 2 heterocycles. The maximum atomic E-state index is 12.3. The Hall–Kier alpha value is -1.15. The Morgan fingerprint density at radius 1 is 1.04 bits per heavy atom. The van der Waals surface area contributed by atoms with Crippen LogP contribution in [-0.4, -0.2) is 79.8 Å². The smallest absolute Gasteiger partial charge is 0.153 e. The highest BCUT2D eigenvalue weighted by Gasteiger charge is 2.47. The Bertz CT molecular complexity index is 718. The molecule has 0 aromatic heterocycles. The van der Waals surface area contributed by atoms with Crippen molar-refractivity contribution in [1.82, 2.24) is 9.80 Å². The zero-order valence-corrected chi connectivity index (χ0v) is 15.9. The molecule has 4 rings (SSSR count). The number of sulfone groups is 1. The van der Waals surface area contributed by atoms with Crippen LogP contribution in [0.25, 0.3) is 0 Å². The van der Waals surface area contributed by atoms with Crippen molar-refractivity contribution in [2.75, 3.05) is 44.4 Å².